The van der Waals surface area contributed by atoms with Crippen molar-refractivity contribution in [3.05, 3.63) is 88.2 Å². The van der Waals surface area contributed by atoms with Gasteiger partial charge in [-0.3, -0.25) is 4.79 Å². The van der Waals surface area contributed by atoms with Crippen molar-refractivity contribution in [3.63, 3.8) is 0 Å². The van der Waals surface area contributed by atoms with Gasteiger partial charge in [-0.05, 0) is 80.0 Å². The number of phenols is 1. The molecule has 0 spiro atoms. The van der Waals surface area contributed by atoms with E-state index in [1.165, 1.54) is 12.1 Å². The second-order valence-electron chi connectivity index (χ2n) is 11.2. The van der Waals surface area contributed by atoms with Crippen LogP contribution in [-0.4, -0.2) is 52.4 Å². The number of nitrogens with one attached hydrogen (secondary N) is 3. The third-order valence-corrected chi connectivity index (χ3v) is 8.04. The highest BCUT2D eigenvalue weighted by Crippen LogP contribution is 2.36. The monoisotopic (exact) mass is 575 g/mol. The van der Waals surface area contributed by atoms with Crippen LogP contribution in [0.3, 0.4) is 0 Å². The molecule has 42 heavy (non-hydrogen) atoms. The number of aliphatic hydroxyl groups excluding tert-OH is 2. The summed E-state index contributed by atoms with van der Waals surface area (Å²) < 4.78 is 11.2. The minimum atomic E-state index is -1.22. The maximum Gasteiger partial charge on any atom is 0.248 e. The Hall–Kier alpha value is -3.89. The minimum absolute atomic E-state index is 0.0145. The lowest BCUT2D eigenvalue weighted by molar-refractivity contribution is -0.0237. The molecular formula is C33H41N3O6. The lowest BCUT2D eigenvalue weighted by Crippen LogP contribution is -2.58. The largest absolute Gasteiger partial charge is 0.506 e. The Balaban J connectivity index is 1.37. The number of methoxy groups -OCH3 is 2. The number of hydrazine groups is 1. The fraction of sp³-hybridized carbons (Fsp3) is 0.364. The first-order chi connectivity index (χ1) is 20.0. The van der Waals surface area contributed by atoms with Crippen LogP contribution in [-0.2, 0) is 12.8 Å². The molecule has 0 radical (unpaired) electrons. The number of H-pyrrole nitrogens is 1. The van der Waals surface area contributed by atoms with E-state index in [0.29, 0.717) is 23.7 Å². The van der Waals surface area contributed by atoms with Gasteiger partial charge >= 0.3 is 0 Å². The van der Waals surface area contributed by atoms with Crippen LogP contribution < -0.4 is 25.9 Å². The third kappa shape index (κ3) is 7.11. The molecule has 0 amide bonds. The smallest absolute Gasteiger partial charge is 0.248 e. The van der Waals surface area contributed by atoms with Crippen molar-refractivity contribution in [1.29, 1.82) is 0 Å². The summed E-state index contributed by atoms with van der Waals surface area (Å²) in [4.78, 5) is 14.3. The van der Waals surface area contributed by atoms with E-state index in [2.05, 4.69) is 28.8 Å². The van der Waals surface area contributed by atoms with Crippen LogP contribution in [0.25, 0.3) is 22.0 Å². The maximum absolute atomic E-state index is 11.7. The Morgan fingerprint density at radius 1 is 0.929 bits per heavy atom. The van der Waals surface area contributed by atoms with Gasteiger partial charge < -0.3 is 29.8 Å². The molecule has 0 aliphatic carbocycles. The standard InChI is InChI=1S/C33H41N3O6/c1-20(19-23-7-6-8-26(31(23)42-5)22-9-13-24(41-4)14-10-22)33(2,3)36-35-32(40)28(38)17-12-21-11-16-27(37)30-25(21)15-18-29(39)34-30/h6-11,13-16,18,20,28,32,35-38,40H,12,17,19H2,1-5H3,(H,34,39)/t20-,28-,32?/m1/s1. The molecule has 0 saturated heterocycles. The summed E-state index contributed by atoms with van der Waals surface area (Å²) in [5.74, 6) is 1.71. The number of aromatic amines is 1. The second kappa shape index (κ2) is 13.4. The predicted octanol–water partition coefficient (Wildman–Crippen LogP) is 4.28. The number of para-hydroxylation sites is 1. The number of ether oxygens (including phenoxy) is 2. The van der Waals surface area contributed by atoms with Gasteiger partial charge in [0.05, 0.1) is 25.8 Å². The number of aliphatic hydroxyl groups is 2. The molecule has 0 bridgehead atoms. The number of hydrogen-bond donors (Lipinski definition) is 6. The summed E-state index contributed by atoms with van der Waals surface area (Å²) in [7, 11) is 3.33. The molecule has 6 N–H and O–H groups in total. The molecule has 4 rings (SSSR count). The molecule has 3 aromatic carbocycles. The molecule has 0 saturated carbocycles. The lowest BCUT2D eigenvalue weighted by atomic mass is 9.84. The lowest BCUT2D eigenvalue weighted by Gasteiger charge is -2.35. The van der Waals surface area contributed by atoms with Gasteiger partial charge in [0, 0.05) is 22.6 Å². The van der Waals surface area contributed by atoms with Gasteiger partial charge in [0.25, 0.3) is 0 Å². The molecule has 4 aromatic rings. The van der Waals surface area contributed by atoms with E-state index in [-0.39, 0.29) is 23.6 Å². The number of rotatable bonds is 13. The molecular weight excluding hydrogens is 534 g/mol. The third-order valence-electron chi connectivity index (χ3n) is 8.04. The number of aromatic nitrogens is 1. The van der Waals surface area contributed by atoms with E-state index < -0.39 is 17.9 Å². The molecule has 9 heteroatoms. The molecule has 1 aromatic heterocycles. The highest BCUT2D eigenvalue weighted by molar-refractivity contribution is 5.87. The van der Waals surface area contributed by atoms with Gasteiger partial charge in [-0.15, -0.1) is 0 Å². The van der Waals surface area contributed by atoms with E-state index in [4.69, 9.17) is 9.47 Å². The Morgan fingerprint density at radius 2 is 1.67 bits per heavy atom. The van der Waals surface area contributed by atoms with Gasteiger partial charge in [0.1, 0.15) is 23.5 Å². The number of fused-ring (bicyclic) bond motifs is 1. The number of hydrogen-bond acceptors (Lipinski definition) is 8. The van der Waals surface area contributed by atoms with Crippen LogP contribution in [0.2, 0.25) is 0 Å². The number of benzene rings is 3. The first kappa shape index (κ1) is 31.1. The zero-order chi connectivity index (χ0) is 30.4. The van der Waals surface area contributed by atoms with Crippen LogP contribution in [0, 0.1) is 5.92 Å². The number of aromatic hydroxyl groups is 1. The highest BCUT2D eigenvalue weighted by Gasteiger charge is 2.29. The highest BCUT2D eigenvalue weighted by atomic mass is 16.5. The molecule has 1 unspecified atom stereocenters. The van der Waals surface area contributed by atoms with E-state index in [1.807, 2.05) is 50.2 Å². The van der Waals surface area contributed by atoms with Crippen LogP contribution >= 0.6 is 0 Å². The zero-order valence-corrected chi connectivity index (χ0v) is 24.8. The van der Waals surface area contributed by atoms with E-state index >= 15 is 0 Å². The number of aryl methyl sites for hydroxylation is 1. The Bertz CT molecular complexity index is 1550. The fourth-order valence-electron chi connectivity index (χ4n) is 5.02. The second-order valence-corrected chi connectivity index (χ2v) is 11.2. The van der Waals surface area contributed by atoms with Gasteiger partial charge in [-0.2, -0.15) is 0 Å². The van der Waals surface area contributed by atoms with Gasteiger partial charge in [0.2, 0.25) is 5.56 Å². The van der Waals surface area contributed by atoms with Crippen LogP contribution in [0.4, 0.5) is 0 Å². The average molecular weight is 576 g/mol. The molecule has 0 aliphatic rings. The molecule has 1 heterocycles. The first-order valence-corrected chi connectivity index (χ1v) is 14.1. The van der Waals surface area contributed by atoms with E-state index in [0.717, 1.165) is 33.8 Å². The van der Waals surface area contributed by atoms with Crippen molar-refractivity contribution < 1.29 is 24.8 Å². The van der Waals surface area contributed by atoms with Crippen molar-refractivity contribution in [2.75, 3.05) is 14.2 Å². The Kier molecular flexibility index (Phi) is 9.90. The Labute approximate surface area is 246 Å². The molecule has 9 nitrogen and oxygen atoms in total. The topological polar surface area (TPSA) is 136 Å². The maximum atomic E-state index is 11.7. The summed E-state index contributed by atoms with van der Waals surface area (Å²) >= 11 is 0. The quantitative estimate of drug-likeness (QED) is 0.103. The minimum Gasteiger partial charge on any atom is -0.506 e. The fourth-order valence-corrected chi connectivity index (χ4v) is 5.02. The molecule has 224 valence electrons. The van der Waals surface area contributed by atoms with Crippen molar-refractivity contribution in [3.8, 4) is 28.4 Å². The van der Waals surface area contributed by atoms with E-state index in [9.17, 15) is 20.1 Å². The van der Waals surface area contributed by atoms with Crippen molar-refractivity contribution in [2.45, 2.75) is 57.9 Å². The van der Waals surface area contributed by atoms with Gasteiger partial charge in [0.15, 0.2) is 0 Å². The number of pyridine rings is 1. The SMILES string of the molecule is COc1ccc(-c2cccc(C[C@@H](C)C(C)(C)NNC(O)[C@H](O)CCc3ccc(O)c4[nH]c(=O)ccc34)c2OC)cc1. The normalized spacial score (nSPS) is 14.0. The van der Waals surface area contributed by atoms with Crippen LogP contribution in [0.15, 0.2) is 71.5 Å². The first-order valence-electron chi connectivity index (χ1n) is 14.1. The van der Waals surface area contributed by atoms with Crippen molar-refractivity contribution in [2.24, 2.45) is 5.92 Å². The molecule has 3 atom stereocenters. The number of phenolic OH excluding ortho intramolecular Hbond substituents is 1. The molecule has 0 fully saturated rings. The summed E-state index contributed by atoms with van der Waals surface area (Å²) in [6, 6.07) is 20.3. The zero-order valence-electron chi connectivity index (χ0n) is 24.8. The van der Waals surface area contributed by atoms with Crippen molar-refractivity contribution in [1.82, 2.24) is 15.8 Å². The molecule has 0 aliphatic heterocycles. The Morgan fingerprint density at radius 3 is 2.36 bits per heavy atom. The van der Waals surface area contributed by atoms with E-state index in [1.54, 1.807) is 26.4 Å². The summed E-state index contributed by atoms with van der Waals surface area (Å²) in [6.07, 6.45) is -0.861. The average Bonchev–Trinajstić information content (AvgIpc) is 2.99. The van der Waals surface area contributed by atoms with Crippen LogP contribution in [0.1, 0.15) is 38.3 Å². The van der Waals surface area contributed by atoms with Gasteiger partial charge in [-0.1, -0.05) is 43.3 Å². The predicted molar refractivity (Wildman–Crippen MR) is 165 cm³/mol. The van der Waals surface area contributed by atoms with Gasteiger partial charge in [-0.25, -0.2) is 10.9 Å². The summed E-state index contributed by atoms with van der Waals surface area (Å²) in [5.41, 5.74) is 9.63. The van der Waals surface area contributed by atoms with Crippen molar-refractivity contribution >= 4 is 10.9 Å². The van der Waals surface area contributed by atoms with Crippen LogP contribution in [0.5, 0.6) is 17.2 Å². The summed E-state index contributed by atoms with van der Waals surface area (Å²) in [5, 5.41) is 32.1. The summed E-state index contributed by atoms with van der Waals surface area (Å²) in [6.45, 7) is 6.19.